The lowest BCUT2D eigenvalue weighted by Gasteiger charge is -2.18. The third kappa shape index (κ3) is 5.76. The smallest absolute Gasteiger partial charge is 0.388 e. The van der Waals surface area contributed by atoms with E-state index in [1.54, 1.807) is 7.05 Å². The highest BCUT2D eigenvalue weighted by atomic mass is 32.1. The van der Waals surface area contributed by atoms with Gasteiger partial charge in [-0.05, 0) is 56.4 Å². The second-order valence-electron chi connectivity index (χ2n) is 9.21. The summed E-state index contributed by atoms with van der Waals surface area (Å²) in [4.78, 5) is 35.2. The Balaban J connectivity index is 1.33. The maximum atomic E-state index is 13.1. The summed E-state index contributed by atoms with van der Waals surface area (Å²) >= 11 is 1.48. The molecule has 0 aliphatic heterocycles. The molecule has 2 fully saturated rings. The van der Waals surface area contributed by atoms with Gasteiger partial charge in [0.1, 0.15) is 5.00 Å². The summed E-state index contributed by atoms with van der Waals surface area (Å²) in [7, 11) is 1.56. The minimum absolute atomic E-state index is 0.0205. The van der Waals surface area contributed by atoms with E-state index in [0.29, 0.717) is 29.4 Å². The molecule has 9 nitrogen and oxygen atoms in total. The van der Waals surface area contributed by atoms with Gasteiger partial charge in [0.15, 0.2) is 5.82 Å². The van der Waals surface area contributed by atoms with Gasteiger partial charge in [-0.1, -0.05) is 0 Å². The van der Waals surface area contributed by atoms with Crippen LogP contribution in [-0.2, 0) is 24.7 Å². The zero-order valence-corrected chi connectivity index (χ0v) is 20.0. The first-order valence-electron chi connectivity index (χ1n) is 11.8. The Labute approximate surface area is 204 Å². The van der Waals surface area contributed by atoms with E-state index in [0.717, 1.165) is 49.0 Å². The third-order valence-electron chi connectivity index (χ3n) is 6.34. The van der Waals surface area contributed by atoms with Gasteiger partial charge in [0.2, 0.25) is 11.8 Å². The first-order valence-corrected chi connectivity index (χ1v) is 12.6. The number of thiophene rings is 1. The SMILES string of the molecule is Cn1nc(OC(F)F)cc1N=C=N[C@H]1CCc2sc(NC(=O)C3CC3)c(C(=O)NCC3CC3)c2C1. The highest BCUT2D eigenvalue weighted by Gasteiger charge is 2.34. The molecule has 2 aromatic rings. The molecule has 5 rings (SSSR count). The highest BCUT2D eigenvalue weighted by molar-refractivity contribution is 7.17. The van der Waals surface area contributed by atoms with Gasteiger partial charge in [-0.2, -0.15) is 13.8 Å². The number of hydrogen-bond acceptors (Lipinski definition) is 7. The lowest BCUT2D eigenvalue weighted by atomic mass is 9.91. The van der Waals surface area contributed by atoms with Gasteiger partial charge >= 0.3 is 6.61 Å². The molecule has 2 aromatic heterocycles. The van der Waals surface area contributed by atoms with Crippen molar-refractivity contribution in [1.29, 1.82) is 0 Å². The number of hydrogen-bond donors (Lipinski definition) is 2. The van der Waals surface area contributed by atoms with Gasteiger partial charge in [0, 0.05) is 30.5 Å². The van der Waals surface area contributed by atoms with E-state index in [4.69, 9.17) is 0 Å². The summed E-state index contributed by atoms with van der Waals surface area (Å²) in [5.74, 6) is 0.467. The summed E-state index contributed by atoms with van der Waals surface area (Å²) in [6, 6.07) is 3.78. The number of carbonyl (C=O) groups is 2. The lowest BCUT2D eigenvalue weighted by molar-refractivity contribution is -0.117. The predicted molar refractivity (Wildman–Crippen MR) is 126 cm³/mol. The van der Waals surface area contributed by atoms with Crippen LogP contribution in [0.3, 0.4) is 0 Å². The van der Waals surface area contributed by atoms with Crippen LogP contribution in [-0.4, -0.2) is 46.8 Å². The molecule has 0 bridgehead atoms. The monoisotopic (exact) mass is 504 g/mol. The average molecular weight is 505 g/mol. The molecule has 0 radical (unpaired) electrons. The molecular formula is C23H26F2N6O3S. The van der Waals surface area contributed by atoms with Gasteiger partial charge in [-0.3, -0.25) is 9.59 Å². The van der Waals surface area contributed by atoms with Crippen molar-refractivity contribution in [1.82, 2.24) is 15.1 Å². The topological polar surface area (TPSA) is 110 Å². The normalized spacial score (nSPS) is 19.0. The summed E-state index contributed by atoms with van der Waals surface area (Å²) in [6.45, 7) is -2.32. The number of nitrogens with one attached hydrogen (secondary N) is 2. The number of halogens is 2. The van der Waals surface area contributed by atoms with Gasteiger partial charge in [0.05, 0.1) is 17.6 Å². The molecule has 2 N–H and O–H groups in total. The first kappa shape index (κ1) is 23.6. The fourth-order valence-corrected chi connectivity index (χ4v) is 5.30. The van der Waals surface area contributed by atoms with E-state index in [-0.39, 0.29) is 35.5 Å². The number of aromatic nitrogens is 2. The van der Waals surface area contributed by atoms with Crippen LogP contribution in [0.5, 0.6) is 5.88 Å². The van der Waals surface area contributed by atoms with Gasteiger partial charge in [-0.25, -0.2) is 9.67 Å². The Morgan fingerprint density at radius 1 is 1.31 bits per heavy atom. The van der Waals surface area contributed by atoms with Crippen molar-refractivity contribution in [3.63, 3.8) is 0 Å². The molecular weight excluding hydrogens is 478 g/mol. The summed E-state index contributed by atoms with van der Waals surface area (Å²) in [5.41, 5.74) is 1.47. The van der Waals surface area contributed by atoms with Crippen LogP contribution in [0.25, 0.3) is 0 Å². The molecule has 1 atom stereocenters. The zero-order chi connectivity index (χ0) is 24.5. The summed E-state index contributed by atoms with van der Waals surface area (Å²) in [6.07, 6.45) is 6.07. The number of alkyl halides is 2. The van der Waals surface area contributed by atoms with E-state index >= 15 is 0 Å². The van der Waals surface area contributed by atoms with E-state index < -0.39 is 6.61 Å². The Kier molecular flexibility index (Phi) is 6.66. The number of carbonyl (C=O) groups excluding carboxylic acids is 2. The number of ether oxygens (including phenoxy) is 1. The summed E-state index contributed by atoms with van der Waals surface area (Å²) in [5, 5.41) is 10.5. The van der Waals surface area contributed by atoms with Crippen LogP contribution in [0.1, 0.15) is 52.9 Å². The molecule has 186 valence electrons. The number of aryl methyl sites for hydroxylation is 2. The average Bonchev–Trinajstić information content (AvgIpc) is 3.73. The Bertz CT molecular complexity index is 1190. The van der Waals surface area contributed by atoms with Gasteiger partial charge in [-0.15, -0.1) is 16.4 Å². The number of aliphatic imine (C=N–C) groups is 2. The number of amides is 2. The number of rotatable bonds is 9. The van der Waals surface area contributed by atoms with Crippen molar-refractivity contribution in [2.24, 2.45) is 28.9 Å². The molecule has 3 aliphatic rings. The van der Waals surface area contributed by atoms with Crippen LogP contribution in [0.4, 0.5) is 19.6 Å². The third-order valence-corrected chi connectivity index (χ3v) is 7.55. The minimum Gasteiger partial charge on any atom is -0.415 e. The standard InChI is InChI=1S/C23H26F2N6O3S/c1-31-17(9-18(30-31)34-23(24)25)28-11-27-14-6-7-16-15(8-14)19(21(33)26-10-12-2-3-12)22(35-16)29-20(32)13-4-5-13/h9,12-14,23H,2-8,10H2,1H3,(H,26,33)(H,29,32)/t14-/m0/s1. The van der Waals surface area contributed by atoms with E-state index in [1.807, 2.05) is 0 Å². The lowest BCUT2D eigenvalue weighted by Crippen LogP contribution is -2.28. The maximum absolute atomic E-state index is 13.1. The number of nitrogens with zero attached hydrogens (tertiary/aromatic N) is 4. The van der Waals surface area contributed by atoms with E-state index in [1.165, 1.54) is 22.1 Å². The van der Waals surface area contributed by atoms with Crippen LogP contribution >= 0.6 is 11.3 Å². The zero-order valence-electron chi connectivity index (χ0n) is 19.2. The Morgan fingerprint density at radius 3 is 2.83 bits per heavy atom. The van der Waals surface area contributed by atoms with E-state index in [2.05, 4.69) is 36.5 Å². The van der Waals surface area contributed by atoms with Crippen LogP contribution in [0.15, 0.2) is 16.1 Å². The molecule has 2 heterocycles. The number of fused-ring (bicyclic) bond motifs is 1. The minimum atomic E-state index is -2.97. The molecule has 0 unspecified atom stereocenters. The van der Waals surface area contributed by atoms with Crippen molar-refractivity contribution >= 4 is 40.0 Å². The molecule has 0 spiro atoms. The highest BCUT2D eigenvalue weighted by Crippen LogP contribution is 2.40. The van der Waals surface area contributed by atoms with Crippen molar-refractivity contribution in [3.8, 4) is 5.88 Å². The molecule has 35 heavy (non-hydrogen) atoms. The quantitative estimate of drug-likeness (QED) is 0.504. The molecule has 2 saturated carbocycles. The Hall–Kier alpha value is -3.11. The molecule has 0 saturated heterocycles. The molecule has 2 amide bonds. The first-order chi connectivity index (χ1) is 16.9. The van der Waals surface area contributed by atoms with Crippen molar-refractivity contribution in [2.45, 2.75) is 57.6 Å². The fraction of sp³-hybridized carbons (Fsp3) is 0.565. The molecule has 0 aromatic carbocycles. The van der Waals surface area contributed by atoms with Gasteiger partial charge < -0.3 is 15.4 Å². The summed E-state index contributed by atoms with van der Waals surface area (Å²) < 4.78 is 30.4. The van der Waals surface area contributed by atoms with Crippen LogP contribution < -0.4 is 15.4 Å². The maximum Gasteiger partial charge on any atom is 0.388 e. The fourth-order valence-electron chi connectivity index (χ4n) is 4.06. The second-order valence-corrected chi connectivity index (χ2v) is 10.3. The van der Waals surface area contributed by atoms with Crippen LogP contribution in [0, 0.1) is 11.8 Å². The van der Waals surface area contributed by atoms with Crippen molar-refractivity contribution in [2.75, 3.05) is 11.9 Å². The van der Waals surface area contributed by atoms with Gasteiger partial charge in [0.25, 0.3) is 5.91 Å². The molecule has 3 aliphatic carbocycles. The van der Waals surface area contributed by atoms with Crippen molar-refractivity contribution in [3.05, 3.63) is 22.1 Å². The largest absolute Gasteiger partial charge is 0.415 e. The Morgan fingerprint density at radius 2 is 2.11 bits per heavy atom. The molecule has 12 heteroatoms. The van der Waals surface area contributed by atoms with E-state index in [9.17, 15) is 18.4 Å². The second kappa shape index (κ2) is 9.87. The predicted octanol–water partition coefficient (Wildman–Crippen LogP) is 3.93. The van der Waals surface area contributed by atoms with Crippen molar-refractivity contribution < 1.29 is 23.1 Å². The number of anilines is 1. The van der Waals surface area contributed by atoms with Crippen LogP contribution in [0.2, 0.25) is 0 Å².